The minimum Gasteiger partial charge on any atom is -0.346 e. The summed E-state index contributed by atoms with van der Waals surface area (Å²) < 4.78 is 27.6. The number of carbonyl (C=O) groups excluding carboxylic acids is 1. The summed E-state index contributed by atoms with van der Waals surface area (Å²) in [5.74, 6) is -0.192. The highest BCUT2D eigenvalue weighted by atomic mass is 32.2. The maximum absolute atomic E-state index is 12.7. The molecule has 0 saturated heterocycles. The van der Waals surface area contributed by atoms with Crippen molar-refractivity contribution in [3.05, 3.63) is 94.5 Å². The summed E-state index contributed by atoms with van der Waals surface area (Å²) in [4.78, 5) is 12.9. The number of rotatable bonds is 6. The fourth-order valence-electron chi connectivity index (χ4n) is 4.01. The summed E-state index contributed by atoms with van der Waals surface area (Å²) in [5.41, 5.74) is 5.78. The molecular formula is C26H28N2O3S. The molecule has 3 aromatic rings. The fourth-order valence-corrected chi connectivity index (χ4v) is 5.07. The van der Waals surface area contributed by atoms with Crippen molar-refractivity contribution in [3.8, 4) is 0 Å². The van der Waals surface area contributed by atoms with Crippen molar-refractivity contribution in [2.45, 2.75) is 50.5 Å². The van der Waals surface area contributed by atoms with Crippen molar-refractivity contribution in [2.24, 2.45) is 0 Å². The number of hydrogen-bond donors (Lipinski definition) is 2. The van der Waals surface area contributed by atoms with Crippen LogP contribution in [0.4, 0.5) is 5.69 Å². The number of aryl methyl sites for hydroxylation is 3. The van der Waals surface area contributed by atoms with Crippen LogP contribution in [0.2, 0.25) is 0 Å². The lowest BCUT2D eigenvalue weighted by Gasteiger charge is -2.20. The molecule has 1 unspecified atom stereocenters. The van der Waals surface area contributed by atoms with Gasteiger partial charge in [-0.2, -0.15) is 0 Å². The Morgan fingerprint density at radius 1 is 0.875 bits per heavy atom. The lowest BCUT2D eigenvalue weighted by Crippen LogP contribution is -2.26. The summed E-state index contributed by atoms with van der Waals surface area (Å²) in [6.07, 6.45) is 4.70. The van der Waals surface area contributed by atoms with E-state index in [1.807, 2.05) is 13.8 Å². The molecule has 1 amide bonds. The van der Waals surface area contributed by atoms with E-state index in [0.717, 1.165) is 24.0 Å². The second-order valence-electron chi connectivity index (χ2n) is 8.43. The molecule has 166 valence electrons. The van der Waals surface area contributed by atoms with Gasteiger partial charge in [0.15, 0.2) is 0 Å². The average molecular weight is 449 g/mol. The fraction of sp³-hybridized carbons (Fsp3) is 0.269. The molecule has 5 nitrogen and oxygen atoms in total. The van der Waals surface area contributed by atoms with Crippen LogP contribution in [0.5, 0.6) is 0 Å². The van der Waals surface area contributed by atoms with E-state index >= 15 is 0 Å². The molecule has 0 heterocycles. The first-order valence-corrected chi connectivity index (χ1v) is 12.4. The van der Waals surface area contributed by atoms with E-state index in [9.17, 15) is 13.2 Å². The second-order valence-corrected chi connectivity index (χ2v) is 10.1. The van der Waals surface area contributed by atoms with Gasteiger partial charge in [0.1, 0.15) is 0 Å². The molecule has 0 fully saturated rings. The third kappa shape index (κ3) is 5.02. The molecule has 0 saturated carbocycles. The van der Waals surface area contributed by atoms with E-state index in [-0.39, 0.29) is 16.8 Å². The lowest BCUT2D eigenvalue weighted by atomic mass is 9.89. The summed E-state index contributed by atoms with van der Waals surface area (Å²) in [6.45, 7) is 3.88. The van der Waals surface area contributed by atoms with E-state index in [2.05, 4.69) is 28.2 Å². The number of amides is 1. The van der Waals surface area contributed by atoms with E-state index in [4.69, 9.17) is 0 Å². The van der Waals surface area contributed by atoms with E-state index in [1.165, 1.54) is 24.0 Å². The standard InChI is InChI=1S/C26H28N2O3S/c1-18-7-15-25(16-8-18)32(30,31)28-24-13-11-21(12-14-24)26(29)27-19(2)22-10-9-20-5-3-4-6-23(20)17-22/h7-17,19,28H,3-6H2,1-2H3,(H,27,29). The first kappa shape index (κ1) is 22.1. The number of benzene rings is 3. The molecule has 0 spiro atoms. The van der Waals surface area contributed by atoms with Gasteiger partial charge in [0.05, 0.1) is 10.9 Å². The van der Waals surface area contributed by atoms with Crippen molar-refractivity contribution in [1.82, 2.24) is 5.32 Å². The molecular weight excluding hydrogens is 420 g/mol. The molecule has 32 heavy (non-hydrogen) atoms. The third-order valence-corrected chi connectivity index (χ3v) is 7.35. The van der Waals surface area contributed by atoms with Crippen molar-refractivity contribution in [3.63, 3.8) is 0 Å². The largest absolute Gasteiger partial charge is 0.346 e. The number of carbonyl (C=O) groups is 1. The van der Waals surface area contributed by atoms with Gasteiger partial charge in [-0.3, -0.25) is 9.52 Å². The van der Waals surface area contributed by atoms with Crippen LogP contribution in [0.15, 0.2) is 71.6 Å². The number of anilines is 1. The Morgan fingerprint density at radius 2 is 1.53 bits per heavy atom. The Labute approximate surface area is 189 Å². The molecule has 3 aromatic carbocycles. The van der Waals surface area contributed by atoms with Crippen LogP contribution >= 0.6 is 0 Å². The predicted molar refractivity (Wildman–Crippen MR) is 127 cm³/mol. The third-order valence-electron chi connectivity index (χ3n) is 5.95. The van der Waals surface area contributed by atoms with Crippen LogP contribution in [-0.4, -0.2) is 14.3 Å². The van der Waals surface area contributed by atoms with Crippen LogP contribution in [0.25, 0.3) is 0 Å². The van der Waals surface area contributed by atoms with Gasteiger partial charge in [-0.25, -0.2) is 8.42 Å². The highest BCUT2D eigenvalue weighted by Gasteiger charge is 2.16. The van der Waals surface area contributed by atoms with E-state index in [0.29, 0.717) is 11.3 Å². The predicted octanol–water partition coefficient (Wildman–Crippen LogP) is 5.17. The molecule has 0 radical (unpaired) electrons. The molecule has 6 heteroatoms. The zero-order chi connectivity index (χ0) is 22.7. The van der Waals surface area contributed by atoms with Gasteiger partial charge in [0.25, 0.3) is 15.9 Å². The highest BCUT2D eigenvalue weighted by Crippen LogP contribution is 2.25. The number of nitrogens with one attached hydrogen (secondary N) is 2. The first-order valence-electron chi connectivity index (χ1n) is 10.9. The van der Waals surface area contributed by atoms with Crippen molar-refractivity contribution < 1.29 is 13.2 Å². The Balaban J connectivity index is 1.41. The Kier molecular flexibility index (Phi) is 6.33. The normalized spacial score (nSPS) is 14.3. The molecule has 0 aromatic heterocycles. The lowest BCUT2D eigenvalue weighted by molar-refractivity contribution is 0.0940. The van der Waals surface area contributed by atoms with Crippen LogP contribution < -0.4 is 10.0 Å². The molecule has 0 bridgehead atoms. The number of sulfonamides is 1. The maximum Gasteiger partial charge on any atom is 0.261 e. The summed E-state index contributed by atoms with van der Waals surface area (Å²) >= 11 is 0. The Hall–Kier alpha value is -3.12. The molecule has 1 atom stereocenters. The van der Waals surface area contributed by atoms with Gasteiger partial charge in [-0.05, 0) is 92.6 Å². The minimum atomic E-state index is -3.68. The van der Waals surface area contributed by atoms with Gasteiger partial charge < -0.3 is 5.32 Å². The van der Waals surface area contributed by atoms with Crippen molar-refractivity contribution in [2.75, 3.05) is 4.72 Å². The van der Waals surface area contributed by atoms with Crippen LogP contribution in [0.1, 0.15) is 58.4 Å². The SMILES string of the molecule is Cc1ccc(S(=O)(=O)Nc2ccc(C(=O)NC(C)c3ccc4c(c3)CCCC4)cc2)cc1. The quantitative estimate of drug-likeness (QED) is 0.547. The molecule has 1 aliphatic rings. The number of hydrogen-bond acceptors (Lipinski definition) is 3. The highest BCUT2D eigenvalue weighted by molar-refractivity contribution is 7.92. The number of fused-ring (bicyclic) bond motifs is 1. The molecule has 4 rings (SSSR count). The monoisotopic (exact) mass is 448 g/mol. The van der Waals surface area contributed by atoms with Gasteiger partial charge in [-0.15, -0.1) is 0 Å². The van der Waals surface area contributed by atoms with Crippen molar-refractivity contribution >= 4 is 21.6 Å². The topological polar surface area (TPSA) is 75.3 Å². The zero-order valence-corrected chi connectivity index (χ0v) is 19.2. The maximum atomic E-state index is 12.7. The Morgan fingerprint density at radius 3 is 2.22 bits per heavy atom. The zero-order valence-electron chi connectivity index (χ0n) is 18.4. The van der Waals surface area contributed by atoms with Crippen LogP contribution in [0, 0.1) is 6.92 Å². The van der Waals surface area contributed by atoms with Crippen LogP contribution in [-0.2, 0) is 22.9 Å². The van der Waals surface area contributed by atoms with Gasteiger partial charge in [0.2, 0.25) is 0 Å². The van der Waals surface area contributed by atoms with Crippen LogP contribution in [0.3, 0.4) is 0 Å². The molecule has 2 N–H and O–H groups in total. The molecule has 1 aliphatic carbocycles. The smallest absolute Gasteiger partial charge is 0.261 e. The summed E-state index contributed by atoms with van der Waals surface area (Å²) in [5, 5.41) is 3.04. The first-order chi connectivity index (χ1) is 15.3. The van der Waals surface area contributed by atoms with Gasteiger partial charge in [0, 0.05) is 11.3 Å². The average Bonchev–Trinajstić information content (AvgIpc) is 2.79. The van der Waals surface area contributed by atoms with Gasteiger partial charge in [-0.1, -0.05) is 35.9 Å². The van der Waals surface area contributed by atoms with E-state index in [1.54, 1.807) is 48.5 Å². The molecule has 0 aliphatic heterocycles. The minimum absolute atomic E-state index is 0.116. The van der Waals surface area contributed by atoms with Gasteiger partial charge >= 0.3 is 0 Å². The summed E-state index contributed by atoms with van der Waals surface area (Å²) in [6, 6.07) is 19.5. The van der Waals surface area contributed by atoms with Crippen molar-refractivity contribution in [1.29, 1.82) is 0 Å². The Bertz CT molecular complexity index is 1220. The van der Waals surface area contributed by atoms with E-state index < -0.39 is 10.0 Å². The second kappa shape index (κ2) is 9.17. The summed E-state index contributed by atoms with van der Waals surface area (Å²) in [7, 11) is -3.68.